The highest BCUT2D eigenvalue weighted by molar-refractivity contribution is 6.02. The van der Waals surface area contributed by atoms with E-state index in [9.17, 15) is 4.79 Å². The number of rotatable bonds is 4. The number of carbonyl (C=O) groups excluding carboxylic acids is 1. The van der Waals surface area contributed by atoms with E-state index >= 15 is 0 Å². The Morgan fingerprint density at radius 3 is 2.79 bits per heavy atom. The van der Waals surface area contributed by atoms with Crippen LogP contribution in [0.25, 0.3) is 11.4 Å². The zero-order valence-corrected chi connectivity index (χ0v) is 16.5. The van der Waals surface area contributed by atoms with Gasteiger partial charge in [-0.3, -0.25) is 4.79 Å². The van der Waals surface area contributed by atoms with Crippen molar-refractivity contribution in [3.63, 3.8) is 0 Å². The van der Waals surface area contributed by atoms with E-state index in [1.807, 2.05) is 48.0 Å². The maximum Gasteiger partial charge on any atom is 0.255 e. The smallest absolute Gasteiger partial charge is 0.255 e. The van der Waals surface area contributed by atoms with E-state index in [0.717, 1.165) is 53.3 Å². The van der Waals surface area contributed by atoms with Gasteiger partial charge in [0.05, 0.1) is 11.3 Å². The minimum absolute atomic E-state index is 0.0753. The number of aryl methyl sites for hydroxylation is 1. The number of benzene rings is 2. The van der Waals surface area contributed by atoms with Crippen molar-refractivity contribution in [3.8, 4) is 11.4 Å². The fourth-order valence-electron chi connectivity index (χ4n) is 3.68. The van der Waals surface area contributed by atoms with Crippen LogP contribution in [0, 0.1) is 0 Å². The van der Waals surface area contributed by atoms with Crippen molar-refractivity contribution in [2.75, 3.05) is 18.9 Å². The number of carbonyl (C=O) groups is 1. The normalized spacial score (nSPS) is 14.1. The Bertz CT molecular complexity index is 1010. The molecule has 0 radical (unpaired) electrons. The van der Waals surface area contributed by atoms with Crippen LogP contribution in [0.1, 0.15) is 42.2 Å². The third-order valence-electron chi connectivity index (χ3n) is 5.18. The summed E-state index contributed by atoms with van der Waals surface area (Å²) in [6.07, 6.45) is 3.66. The average Bonchev–Trinajstić information content (AvgIpc) is 3.13. The number of fused-ring (bicyclic) bond motifs is 1. The summed E-state index contributed by atoms with van der Waals surface area (Å²) in [4.78, 5) is 14.7. The summed E-state index contributed by atoms with van der Waals surface area (Å²) in [7, 11) is 1.87. The van der Waals surface area contributed by atoms with E-state index in [0.29, 0.717) is 0 Å². The molecule has 1 aliphatic rings. The molecular formula is C22H25N5O. The molecule has 2 aromatic carbocycles. The summed E-state index contributed by atoms with van der Waals surface area (Å²) in [5.41, 5.74) is 4.64. The molecule has 1 amide bonds. The number of hydrogen-bond donors (Lipinski definition) is 1. The van der Waals surface area contributed by atoms with E-state index in [-0.39, 0.29) is 11.9 Å². The number of nitrogens with zero attached hydrogens (tertiary/aromatic N) is 4. The second kappa shape index (κ2) is 7.46. The van der Waals surface area contributed by atoms with Gasteiger partial charge in [0.15, 0.2) is 5.82 Å². The molecule has 0 fully saturated rings. The zero-order valence-electron chi connectivity index (χ0n) is 16.5. The number of hydrogen-bond acceptors (Lipinski definition) is 4. The molecule has 144 valence electrons. The van der Waals surface area contributed by atoms with Crippen LogP contribution in [-0.2, 0) is 6.42 Å². The van der Waals surface area contributed by atoms with Crippen molar-refractivity contribution in [2.24, 2.45) is 0 Å². The summed E-state index contributed by atoms with van der Waals surface area (Å²) in [5.74, 6) is 0.910. The van der Waals surface area contributed by atoms with Crippen LogP contribution in [0.15, 0.2) is 48.8 Å². The molecule has 0 spiro atoms. The standard InChI is InChI=1S/C22H25N5O/c1-15(2)27-14-23-25-21(27)17-8-4-10-18(13-17)24-19-11-5-7-16-9-6-12-26(3)22(28)20(16)19/h4-5,7-8,10-11,13-15,24H,6,9,12H2,1-3H3. The van der Waals surface area contributed by atoms with Crippen molar-refractivity contribution in [2.45, 2.75) is 32.7 Å². The predicted octanol–water partition coefficient (Wildman–Crippen LogP) is 4.29. The number of anilines is 2. The van der Waals surface area contributed by atoms with Crippen molar-refractivity contribution in [1.82, 2.24) is 19.7 Å². The molecule has 0 saturated heterocycles. The van der Waals surface area contributed by atoms with Crippen LogP contribution in [0.4, 0.5) is 11.4 Å². The minimum Gasteiger partial charge on any atom is -0.355 e. The molecule has 0 unspecified atom stereocenters. The molecule has 4 rings (SSSR count). The lowest BCUT2D eigenvalue weighted by Gasteiger charge is -2.18. The lowest BCUT2D eigenvalue weighted by molar-refractivity contribution is 0.0801. The fraction of sp³-hybridized carbons (Fsp3) is 0.318. The molecule has 6 heteroatoms. The molecule has 0 saturated carbocycles. The van der Waals surface area contributed by atoms with Gasteiger partial charge >= 0.3 is 0 Å². The Balaban J connectivity index is 1.70. The molecule has 0 aliphatic carbocycles. The van der Waals surface area contributed by atoms with Crippen molar-refractivity contribution >= 4 is 17.3 Å². The fourth-order valence-corrected chi connectivity index (χ4v) is 3.68. The van der Waals surface area contributed by atoms with Crippen LogP contribution in [0.2, 0.25) is 0 Å². The highest BCUT2D eigenvalue weighted by Crippen LogP contribution is 2.30. The summed E-state index contributed by atoms with van der Waals surface area (Å²) >= 11 is 0. The minimum atomic E-state index is 0.0753. The van der Waals surface area contributed by atoms with Crippen LogP contribution >= 0.6 is 0 Å². The monoisotopic (exact) mass is 375 g/mol. The predicted molar refractivity (Wildman–Crippen MR) is 111 cm³/mol. The van der Waals surface area contributed by atoms with Gasteiger partial charge in [0.2, 0.25) is 0 Å². The highest BCUT2D eigenvalue weighted by Gasteiger charge is 2.23. The van der Waals surface area contributed by atoms with Gasteiger partial charge in [-0.05, 0) is 50.5 Å². The van der Waals surface area contributed by atoms with Crippen LogP contribution < -0.4 is 5.32 Å². The zero-order chi connectivity index (χ0) is 19.7. The molecule has 1 aromatic heterocycles. The van der Waals surface area contributed by atoms with E-state index in [1.54, 1.807) is 11.2 Å². The van der Waals surface area contributed by atoms with E-state index in [4.69, 9.17) is 0 Å². The van der Waals surface area contributed by atoms with Crippen LogP contribution in [-0.4, -0.2) is 39.2 Å². The molecule has 6 nitrogen and oxygen atoms in total. The van der Waals surface area contributed by atoms with Crippen molar-refractivity contribution in [1.29, 1.82) is 0 Å². The van der Waals surface area contributed by atoms with Gasteiger partial charge in [-0.2, -0.15) is 0 Å². The molecule has 2 heterocycles. The van der Waals surface area contributed by atoms with Crippen LogP contribution in [0.3, 0.4) is 0 Å². The number of aromatic nitrogens is 3. The second-order valence-electron chi connectivity index (χ2n) is 7.53. The van der Waals surface area contributed by atoms with Gasteiger partial charge < -0.3 is 14.8 Å². The average molecular weight is 375 g/mol. The summed E-state index contributed by atoms with van der Waals surface area (Å²) in [5, 5.41) is 11.8. The Labute approximate surface area is 165 Å². The van der Waals surface area contributed by atoms with E-state index in [1.165, 1.54) is 0 Å². The molecule has 0 bridgehead atoms. The molecule has 3 aromatic rings. The first kappa shape index (κ1) is 18.2. The quantitative estimate of drug-likeness (QED) is 0.739. The number of nitrogens with one attached hydrogen (secondary N) is 1. The Morgan fingerprint density at radius 1 is 1.14 bits per heavy atom. The Morgan fingerprint density at radius 2 is 1.96 bits per heavy atom. The first-order valence-electron chi connectivity index (χ1n) is 9.69. The van der Waals surface area contributed by atoms with Gasteiger partial charge in [0.25, 0.3) is 5.91 Å². The second-order valence-corrected chi connectivity index (χ2v) is 7.53. The van der Waals surface area contributed by atoms with E-state index < -0.39 is 0 Å². The van der Waals surface area contributed by atoms with Crippen molar-refractivity contribution < 1.29 is 4.79 Å². The lowest BCUT2D eigenvalue weighted by Crippen LogP contribution is -2.26. The number of amides is 1. The summed E-state index contributed by atoms with van der Waals surface area (Å²) < 4.78 is 2.05. The largest absolute Gasteiger partial charge is 0.355 e. The Kier molecular flexibility index (Phi) is 4.86. The van der Waals surface area contributed by atoms with Crippen LogP contribution in [0.5, 0.6) is 0 Å². The maximum absolute atomic E-state index is 12.9. The third kappa shape index (κ3) is 3.38. The molecule has 0 atom stereocenters. The topological polar surface area (TPSA) is 63.1 Å². The van der Waals surface area contributed by atoms with Crippen molar-refractivity contribution in [3.05, 3.63) is 59.9 Å². The van der Waals surface area contributed by atoms with Gasteiger partial charge in [-0.15, -0.1) is 10.2 Å². The molecule has 1 aliphatic heterocycles. The van der Waals surface area contributed by atoms with Gasteiger partial charge in [-0.1, -0.05) is 24.3 Å². The maximum atomic E-state index is 12.9. The van der Waals surface area contributed by atoms with Gasteiger partial charge in [-0.25, -0.2) is 0 Å². The van der Waals surface area contributed by atoms with E-state index in [2.05, 4.69) is 35.4 Å². The van der Waals surface area contributed by atoms with Gasteiger partial charge in [0, 0.05) is 30.9 Å². The molecule has 1 N–H and O–H groups in total. The Hall–Kier alpha value is -3.15. The van der Waals surface area contributed by atoms with Gasteiger partial charge in [0.1, 0.15) is 6.33 Å². The first-order valence-corrected chi connectivity index (χ1v) is 9.69. The summed E-state index contributed by atoms with van der Waals surface area (Å²) in [6, 6.07) is 14.4. The highest BCUT2D eigenvalue weighted by atomic mass is 16.2. The molecular weight excluding hydrogens is 350 g/mol. The third-order valence-corrected chi connectivity index (χ3v) is 5.18. The summed E-state index contributed by atoms with van der Waals surface area (Å²) in [6.45, 7) is 5.00. The first-order chi connectivity index (χ1) is 13.5. The lowest BCUT2D eigenvalue weighted by atomic mass is 10.0. The molecule has 28 heavy (non-hydrogen) atoms. The SMILES string of the molecule is CC(C)n1cnnc1-c1cccc(Nc2cccc3c2C(=O)N(C)CCC3)c1.